The normalized spacial score (nSPS) is 19.4. The lowest BCUT2D eigenvalue weighted by Gasteiger charge is -2.47. The van der Waals surface area contributed by atoms with Crippen LogP contribution in [0.5, 0.6) is 0 Å². The molecule has 28 heavy (non-hydrogen) atoms. The number of piperidine rings is 1. The molecule has 1 aromatic heterocycles. The Bertz CT molecular complexity index is 749. The van der Waals surface area contributed by atoms with Gasteiger partial charge < -0.3 is 14.5 Å². The smallest absolute Gasteiger partial charge is 0.249 e. The summed E-state index contributed by atoms with van der Waals surface area (Å²) >= 11 is 0. The lowest BCUT2D eigenvalue weighted by Crippen LogP contribution is -2.58. The number of amides is 1. The van der Waals surface area contributed by atoms with Crippen LogP contribution >= 0.6 is 12.4 Å². The minimum Gasteiger partial charge on any atom is -0.363 e. The average Bonchev–Trinajstić information content (AvgIpc) is 2.72. The Morgan fingerprint density at radius 2 is 1.79 bits per heavy atom. The molecule has 1 amide bonds. The number of nitrogens with zero attached hydrogens (tertiary/aromatic N) is 3. The molecule has 4 rings (SSSR count). The topological polar surface area (TPSA) is 45.7 Å². The lowest BCUT2D eigenvalue weighted by atomic mass is 9.89. The number of halogens is 1. The van der Waals surface area contributed by atoms with Crippen molar-refractivity contribution in [3.8, 4) is 0 Å². The average molecular weight is 402 g/mol. The maximum atomic E-state index is 12.3. The van der Waals surface area contributed by atoms with Gasteiger partial charge in [-0.2, -0.15) is 0 Å². The number of aromatic nitrogens is 1. The molecule has 6 heteroatoms. The van der Waals surface area contributed by atoms with Gasteiger partial charge in [0.25, 0.3) is 0 Å². The first-order chi connectivity index (χ1) is 13.2. The number of pyridine rings is 1. The molecule has 0 N–H and O–H groups in total. The fraction of sp³-hybridized carbons (Fsp3) is 0.455. The predicted molar refractivity (Wildman–Crippen MR) is 111 cm³/mol. The van der Waals surface area contributed by atoms with Crippen LogP contribution in [-0.2, 0) is 22.5 Å². The summed E-state index contributed by atoms with van der Waals surface area (Å²) in [6.45, 7) is 4.57. The number of rotatable bonds is 5. The van der Waals surface area contributed by atoms with Crippen LogP contribution in [0, 0.1) is 0 Å². The number of ether oxygens (including phenoxy) is 1. The van der Waals surface area contributed by atoms with E-state index >= 15 is 0 Å². The number of benzene rings is 1. The third-order valence-corrected chi connectivity index (χ3v) is 5.74. The maximum Gasteiger partial charge on any atom is 0.249 e. The molecule has 150 valence electrons. The molecule has 1 spiro atoms. The van der Waals surface area contributed by atoms with E-state index in [0.29, 0.717) is 13.1 Å². The number of hydrogen-bond acceptors (Lipinski definition) is 4. The molecule has 0 saturated carbocycles. The SMILES string of the molecule is Cl.O=C1COC2(CCN(CCc3ccccc3)CC2)CN1Cc1ccccn1. The Labute approximate surface area is 173 Å². The first-order valence-corrected chi connectivity index (χ1v) is 9.80. The Kier molecular flexibility index (Phi) is 7.05. The summed E-state index contributed by atoms with van der Waals surface area (Å²) in [6.07, 6.45) is 4.82. The Hall–Kier alpha value is -1.95. The van der Waals surface area contributed by atoms with Crippen LogP contribution in [0.1, 0.15) is 24.1 Å². The van der Waals surface area contributed by atoms with Gasteiger partial charge >= 0.3 is 0 Å². The highest BCUT2D eigenvalue weighted by molar-refractivity contribution is 5.85. The number of morpholine rings is 1. The zero-order valence-electron chi connectivity index (χ0n) is 16.1. The summed E-state index contributed by atoms with van der Waals surface area (Å²) in [5, 5.41) is 0. The van der Waals surface area contributed by atoms with E-state index in [2.05, 4.69) is 40.2 Å². The highest BCUT2D eigenvalue weighted by Gasteiger charge is 2.42. The number of hydrogen-bond donors (Lipinski definition) is 0. The molecule has 2 saturated heterocycles. The van der Waals surface area contributed by atoms with Crippen LogP contribution in [0.3, 0.4) is 0 Å². The van der Waals surface area contributed by atoms with Crippen molar-refractivity contribution >= 4 is 18.3 Å². The minimum atomic E-state index is -0.189. The second kappa shape index (κ2) is 9.50. The molecule has 1 aromatic carbocycles. The first kappa shape index (κ1) is 20.8. The molecule has 3 heterocycles. The third kappa shape index (κ3) is 5.10. The van der Waals surface area contributed by atoms with Crippen LogP contribution in [0.15, 0.2) is 54.7 Å². The molecule has 0 aliphatic carbocycles. The molecular formula is C22H28ClN3O2. The fourth-order valence-electron chi connectivity index (χ4n) is 4.04. The van der Waals surface area contributed by atoms with Crippen LogP contribution < -0.4 is 0 Å². The van der Waals surface area contributed by atoms with Gasteiger partial charge in [0.15, 0.2) is 0 Å². The second-order valence-electron chi connectivity index (χ2n) is 7.62. The van der Waals surface area contributed by atoms with Gasteiger partial charge in [-0.05, 0) is 37.0 Å². The van der Waals surface area contributed by atoms with Crippen molar-refractivity contribution in [3.05, 3.63) is 66.0 Å². The molecule has 5 nitrogen and oxygen atoms in total. The van der Waals surface area contributed by atoms with Gasteiger partial charge in [-0.1, -0.05) is 36.4 Å². The van der Waals surface area contributed by atoms with Crippen LogP contribution in [0.2, 0.25) is 0 Å². The Morgan fingerprint density at radius 1 is 1.04 bits per heavy atom. The van der Waals surface area contributed by atoms with E-state index in [1.807, 2.05) is 23.1 Å². The van der Waals surface area contributed by atoms with Gasteiger partial charge in [0, 0.05) is 25.8 Å². The molecule has 2 aliphatic rings. The van der Waals surface area contributed by atoms with E-state index in [1.54, 1.807) is 6.20 Å². The summed E-state index contributed by atoms with van der Waals surface area (Å²) in [5.74, 6) is 0.0674. The summed E-state index contributed by atoms with van der Waals surface area (Å²) in [5.41, 5.74) is 2.13. The van der Waals surface area contributed by atoms with Crippen LogP contribution in [0.25, 0.3) is 0 Å². The molecule has 0 atom stereocenters. The first-order valence-electron chi connectivity index (χ1n) is 9.80. The van der Waals surface area contributed by atoms with Crippen LogP contribution in [-0.4, -0.2) is 59.1 Å². The molecular weight excluding hydrogens is 374 g/mol. The standard InChI is InChI=1S/C22H27N3O2.ClH/c26-21-17-27-22(18-25(21)16-20-8-4-5-12-23-20)10-14-24(15-11-22)13-9-19-6-2-1-3-7-19;/h1-8,12H,9-11,13-18H2;1H. The van der Waals surface area contributed by atoms with Crippen molar-refractivity contribution in [1.82, 2.24) is 14.8 Å². The van der Waals surface area contributed by atoms with E-state index in [9.17, 15) is 4.79 Å². The van der Waals surface area contributed by atoms with Gasteiger partial charge in [-0.3, -0.25) is 9.78 Å². The van der Waals surface area contributed by atoms with Gasteiger partial charge in [0.2, 0.25) is 5.91 Å². The van der Waals surface area contributed by atoms with Crippen molar-refractivity contribution in [2.45, 2.75) is 31.4 Å². The lowest BCUT2D eigenvalue weighted by molar-refractivity contribution is -0.172. The second-order valence-corrected chi connectivity index (χ2v) is 7.62. The van der Waals surface area contributed by atoms with Gasteiger partial charge in [-0.25, -0.2) is 0 Å². The van der Waals surface area contributed by atoms with Gasteiger partial charge in [0.1, 0.15) is 6.61 Å². The van der Waals surface area contributed by atoms with Crippen molar-refractivity contribution < 1.29 is 9.53 Å². The van der Waals surface area contributed by atoms with Crippen LogP contribution in [0.4, 0.5) is 0 Å². The predicted octanol–water partition coefficient (Wildman–Crippen LogP) is 2.94. The molecule has 0 bridgehead atoms. The summed E-state index contributed by atoms with van der Waals surface area (Å²) in [7, 11) is 0. The Morgan fingerprint density at radius 3 is 2.50 bits per heavy atom. The zero-order valence-corrected chi connectivity index (χ0v) is 16.9. The maximum absolute atomic E-state index is 12.3. The van der Waals surface area contributed by atoms with Crippen molar-refractivity contribution in [3.63, 3.8) is 0 Å². The van der Waals surface area contributed by atoms with Crippen molar-refractivity contribution in [1.29, 1.82) is 0 Å². The minimum absolute atomic E-state index is 0. The van der Waals surface area contributed by atoms with Crippen molar-refractivity contribution in [2.75, 3.05) is 32.8 Å². The molecule has 0 radical (unpaired) electrons. The van der Waals surface area contributed by atoms with E-state index in [0.717, 1.165) is 44.6 Å². The number of carbonyl (C=O) groups is 1. The summed E-state index contributed by atoms with van der Waals surface area (Å²) in [4.78, 5) is 21.1. The van der Waals surface area contributed by atoms with Gasteiger partial charge in [-0.15, -0.1) is 12.4 Å². The third-order valence-electron chi connectivity index (χ3n) is 5.74. The summed E-state index contributed by atoms with van der Waals surface area (Å²) < 4.78 is 6.06. The highest BCUT2D eigenvalue weighted by Crippen LogP contribution is 2.31. The number of likely N-dealkylation sites (tertiary alicyclic amines) is 1. The summed E-state index contributed by atoms with van der Waals surface area (Å²) in [6, 6.07) is 16.5. The fourth-order valence-corrected chi connectivity index (χ4v) is 4.04. The highest BCUT2D eigenvalue weighted by atomic mass is 35.5. The molecule has 2 aromatic rings. The largest absolute Gasteiger partial charge is 0.363 e. The van der Waals surface area contributed by atoms with E-state index < -0.39 is 0 Å². The van der Waals surface area contributed by atoms with Crippen molar-refractivity contribution in [2.24, 2.45) is 0 Å². The molecule has 2 fully saturated rings. The van der Waals surface area contributed by atoms with E-state index in [4.69, 9.17) is 4.74 Å². The van der Waals surface area contributed by atoms with E-state index in [-0.39, 0.29) is 30.5 Å². The van der Waals surface area contributed by atoms with E-state index in [1.165, 1.54) is 5.56 Å². The Balaban J connectivity index is 0.00000225. The van der Waals surface area contributed by atoms with Gasteiger partial charge in [0.05, 0.1) is 24.4 Å². The number of carbonyl (C=O) groups excluding carboxylic acids is 1. The zero-order chi connectivity index (χ0) is 18.5. The monoisotopic (exact) mass is 401 g/mol. The molecule has 2 aliphatic heterocycles. The quantitative estimate of drug-likeness (QED) is 0.772. The molecule has 0 unspecified atom stereocenters.